The molecule has 2 rings (SSSR count). The molecular weight excluding hydrogens is 300 g/mol. The molecular formula is C17H23ClN2O2. The summed E-state index contributed by atoms with van der Waals surface area (Å²) in [6, 6.07) is 7.65. The van der Waals surface area contributed by atoms with E-state index >= 15 is 0 Å². The van der Waals surface area contributed by atoms with Gasteiger partial charge in [-0.1, -0.05) is 29.8 Å². The number of amides is 2. The average molecular weight is 323 g/mol. The maximum Gasteiger partial charge on any atom is 0.242 e. The quantitative estimate of drug-likeness (QED) is 0.808. The Morgan fingerprint density at radius 1 is 1.23 bits per heavy atom. The van der Waals surface area contributed by atoms with Gasteiger partial charge in [0, 0.05) is 31.1 Å². The molecule has 0 bridgehead atoms. The number of likely N-dealkylation sites (N-methyl/N-ethyl adjacent to an activating group) is 2. The van der Waals surface area contributed by atoms with E-state index in [0.29, 0.717) is 18.1 Å². The Labute approximate surface area is 137 Å². The first-order valence-electron chi connectivity index (χ1n) is 7.76. The van der Waals surface area contributed by atoms with Crippen LogP contribution in [0.25, 0.3) is 0 Å². The van der Waals surface area contributed by atoms with Crippen LogP contribution in [0.3, 0.4) is 0 Å². The van der Waals surface area contributed by atoms with Gasteiger partial charge >= 0.3 is 0 Å². The van der Waals surface area contributed by atoms with Gasteiger partial charge in [0.2, 0.25) is 11.8 Å². The van der Waals surface area contributed by atoms with E-state index < -0.39 is 0 Å². The number of rotatable bonds is 6. The molecule has 1 aliphatic rings. The fourth-order valence-electron chi connectivity index (χ4n) is 2.83. The predicted molar refractivity (Wildman–Crippen MR) is 87.9 cm³/mol. The Morgan fingerprint density at radius 3 is 2.45 bits per heavy atom. The highest BCUT2D eigenvalue weighted by Crippen LogP contribution is 2.50. The number of hydrogen-bond donors (Lipinski definition) is 0. The molecule has 120 valence electrons. The normalized spacial score (nSPS) is 19.6. The summed E-state index contributed by atoms with van der Waals surface area (Å²) in [7, 11) is 1.70. The summed E-state index contributed by atoms with van der Waals surface area (Å²) < 4.78 is 0. The van der Waals surface area contributed by atoms with Crippen LogP contribution in [0.1, 0.15) is 31.7 Å². The SMILES string of the molecule is CCN(CC)C(=O)CN(C)C(=O)C1CC1c1ccccc1Cl. The number of halogens is 1. The van der Waals surface area contributed by atoms with Gasteiger partial charge in [-0.15, -0.1) is 0 Å². The predicted octanol–water partition coefficient (Wildman–Crippen LogP) is 2.77. The van der Waals surface area contributed by atoms with Gasteiger partial charge in [-0.25, -0.2) is 0 Å². The molecule has 22 heavy (non-hydrogen) atoms. The minimum absolute atomic E-state index is 0.00389. The first-order chi connectivity index (χ1) is 10.5. The number of nitrogens with zero attached hydrogens (tertiary/aromatic N) is 2. The third kappa shape index (κ3) is 3.61. The first kappa shape index (κ1) is 16.8. The van der Waals surface area contributed by atoms with Crippen LogP contribution < -0.4 is 0 Å². The number of hydrogen-bond acceptors (Lipinski definition) is 2. The molecule has 0 aliphatic heterocycles. The Bertz CT molecular complexity index is 557. The molecule has 0 N–H and O–H groups in total. The lowest BCUT2D eigenvalue weighted by atomic mass is 10.1. The summed E-state index contributed by atoms with van der Waals surface area (Å²) in [5, 5.41) is 0.713. The minimum atomic E-state index is -0.0468. The summed E-state index contributed by atoms with van der Waals surface area (Å²) in [4.78, 5) is 27.8. The van der Waals surface area contributed by atoms with E-state index in [2.05, 4.69) is 0 Å². The lowest BCUT2D eigenvalue weighted by molar-refractivity contribution is -0.139. The minimum Gasteiger partial charge on any atom is -0.342 e. The van der Waals surface area contributed by atoms with Crippen molar-refractivity contribution in [3.8, 4) is 0 Å². The fraction of sp³-hybridized carbons (Fsp3) is 0.529. The Hall–Kier alpha value is -1.55. The van der Waals surface area contributed by atoms with Crippen LogP contribution in [0.5, 0.6) is 0 Å². The van der Waals surface area contributed by atoms with Gasteiger partial charge in [0.15, 0.2) is 0 Å². The zero-order valence-electron chi connectivity index (χ0n) is 13.4. The molecule has 2 unspecified atom stereocenters. The van der Waals surface area contributed by atoms with Gasteiger partial charge in [0.1, 0.15) is 0 Å². The third-order valence-corrected chi connectivity index (χ3v) is 4.62. The maximum absolute atomic E-state index is 12.4. The molecule has 1 aliphatic carbocycles. The highest BCUT2D eigenvalue weighted by Gasteiger charge is 2.46. The smallest absolute Gasteiger partial charge is 0.242 e. The summed E-state index contributed by atoms with van der Waals surface area (Å²) in [5.41, 5.74) is 1.03. The second-order valence-electron chi connectivity index (χ2n) is 5.73. The highest BCUT2D eigenvalue weighted by molar-refractivity contribution is 6.31. The van der Waals surface area contributed by atoms with Gasteiger partial charge in [0.05, 0.1) is 6.54 Å². The van der Waals surface area contributed by atoms with Crippen molar-refractivity contribution in [1.82, 2.24) is 9.80 Å². The van der Waals surface area contributed by atoms with Crippen LogP contribution in [0, 0.1) is 5.92 Å². The molecule has 2 amide bonds. The van der Waals surface area contributed by atoms with Gasteiger partial charge in [-0.2, -0.15) is 0 Å². The van der Waals surface area contributed by atoms with Crippen molar-refractivity contribution in [2.45, 2.75) is 26.2 Å². The molecule has 2 atom stereocenters. The van der Waals surface area contributed by atoms with Gasteiger partial charge in [-0.05, 0) is 37.8 Å². The summed E-state index contributed by atoms with van der Waals surface area (Å²) in [5.74, 6) is 0.169. The van der Waals surface area contributed by atoms with Crippen LogP contribution in [-0.2, 0) is 9.59 Å². The maximum atomic E-state index is 12.4. The Kier molecular flexibility index (Phi) is 5.46. The van der Waals surface area contributed by atoms with Gasteiger partial charge in [0.25, 0.3) is 0 Å². The monoisotopic (exact) mass is 322 g/mol. The summed E-state index contributed by atoms with van der Waals surface area (Å²) >= 11 is 6.19. The number of benzene rings is 1. The van der Waals surface area contributed by atoms with Crippen molar-refractivity contribution < 1.29 is 9.59 Å². The van der Waals surface area contributed by atoms with E-state index in [1.807, 2.05) is 38.1 Å². The van der Waals surface area contributed by atoms with E-state index in [1.54, 1.807) is 16.8 Å². The lowest BCUT2D eigenvalue weighted by Gasteiger charge is -2.23. The molecule has 4 nitrogen and oxygen atoms in total. The molecule has 1 fully saturated rings. The molecule has 0 saturated heterocycles. The van der Waals surface area contributed by atoms with Crippen molar-refractivity contribution >= 4 is 23.4 Å². The van der Waals surface area contributed by atoms with Crippen molar-refractivity contribution in [1.29, 1.82) is 0 Å². The summed E-state index contributed by atoms with van der Waals surface area (Å²) in [6.07, 6.45) is 0.812. The average Bonchev–Trinajstić information content (AvgIpc) is 3.28. The van der Waals surface area contributed by atoms with Crippen molar-refractivity contribution in [3.63, 3.8) is 0 Å². The summed E-state index contributed by atoms with van der Waals surface area (Å²) in [6.45, 7) is 5.37. The van der Waals surface area contributed by atoms with Crippen LogP contribution in [-0.4, -0.2) is 48.3 Å². The van der Waals surface area contributed by atoms with Crippen molar-refractivity contribution in [2.24, 2.45) is 5.92 Å². The van der Waals surface area contributed by atoms with E-state index in [-0.39, 0.29) is 30.2 Å². The zero-order valence-corrected chi connectivity index (χ0v) is 14.1. The second-order valence-corrected chi connectivity index (χ2v) is 6.14. The van der Waals surface area contributed by atoms with Gasteiger partial charge in [-0.3, -0.25) is 9.59 Å². The number of carbonyl (C=O) groups excluding carboxylic acids is 2. The van der Waals surface area contributed by atoms with E-state index in [4.69, 9.17) is 11.6 Å². The zero-order chi connectivity index (χ0) is 16.3. The molecule has 0 spiro atoms. The van der Waals surface area contributed by atoms with Crippen molar-refractivity contribution in [2.75, 3.05) is 26.7 Å². The standard InChI is InChI=1S/C17H23ClN2O2/c1-4-20(5-2)16(21)11-19(3)17(22)14-10-13(14)12-8-6-7-9-15(12)18/h6-9,13-14H,4-5,10-11H2,1-3H3. The van der Waals surface area contributed by atoms with E-state index in [1.165, 1.54) is 0 Å². The Morgan fingerprint density at radius 2 is 1.86 bits per heavy atom. The van der Waals surface area contributed by atoms with E-state index in [0.717, 1.165) is 12.0 Å². The van der Waals surface area contributed by atoms with Crippen LogP contribution in [0.4, 0.5) is 0 Å². The van der Waals surface area contributed by atoms with Gasteiger partial charge < -0.3 is 9.80 Å². The molecule has 0 radical (unpaired) electrons. The van der Waals surface area contributed by atoms with Crippen LogP contribution in [0.15, 0.2) is 24.3 Å². The highest BCUT2D eigenvalue weighted by atomic mass is 35.5. The third-order valence-electron chi connectivity index (χ3n) is 4.28. The van der Waals surface area contributed by atoms with E-state index in [9.17, 15) is 9.59 Å². The lowest BCUT2D eigenvalue weighted by Crippen LogP contribution is -2.41. The fourth-order valence-corrected chi connectivity index (χ4v) is 3.10. The van der Waals surface area contributed by atoms with Crippen LogP contribution in [0.2, 0.25) is 5.02 Å². The molecule has 5 heteroatoms. The largest absolute Gasteiger partial charge is 0.342 e. The first-order valence-corrected chi connectivity index (χ1v) is 8.14. The molecule has 0 heterocycles. The Balaban J connectivity index is 1.93. The molecule has 1 aromatic carbocycles. The topological polar surface area (TPSA) is 40.6 Å². The molecule has 0 aromatic heterocycles. The molecule has 1 saturated carbocycles. The molecule has 1 aromatic rings. The second kappa shape index (κ2) is 7.14. The number of carbonyl (C=O) groups is 2. The van der Waals surface area contributed by atoms with Crippen molar-refractivity contribution in [3.05, 3.63) is 34.9 Å². The van der Waals surface area contributed by atoms with Crippen LogP contribution >= 0.6 is 11.6 Å².